The Hall–Kier alpha value is -2.58. The number of fused-ring (bicyclic) bond motifs is 1. The van der Waals surface area contributed by atoms with E-state index in [4.69, 9.17) is 9.88 Å². The van der Waals surface area contributed by atoms with Crippen molar-refractivity contribution in [3.8, 4) is 11.5 Å². The fraction of sp³-hybridized carbons (Fsp3) is 0.188. The van der Waals surface area contributed by atoms with Crippen molar-refractivity contribution < 1.29 is 23.1 Å². The normalized spacial score (nSPS) is 14.0. The average molecular weight is 348 g/mol. The second-order valence-corrected chi connectivity index (χ2v) is 7.07. The Morgan fingerprint density at radius 1 is 1.25 bits per heavy atom. The fourth-order valence-electron chi connectivity index (χ4n) is 2.85. The third kappa shape index (κ3) is 2.49. The molecule has 0 bridgehead atoms. The summed E-state index contributed by atoms with van der Waals surface area (Å²) in [5, 5.41) is 15.2. The zero-order valence-electron chi connectivity index (χ0n) is 13.1. The Balaban J connectivity index is 2.03. The molecule has 0 radical (unpaired) electrons. The molecule has 0 fully saturated rings. The van der Waals surface area contributed by atoms with E-state index in [-0.39, 0.29) is 23.1 Å². The van der Waals surface area contributed by atoms with Gasteiger partial charge in [0.25, 0.3) is 5.91 Å². The zero-order chi connectivity index (χ0) is 17.6. The summed E-state index contributed by atoms with van der Waals surface area (Å²) in [7, 11) is -2.32. The first-order chi connectivity index (χ1) is 11.2. The Bertz CT molecular complexity index is 936. The van der Waals surface area contributed by atoms with Gasteiger partial charge >= 0.3 is 0 Å². The molecule has 0 atom stereocenters. The van der Waals surface area contributed by atoms with Crippen molar-refractivity contribution in [3.63, 3.8) is 0 Å². The Labute approximate surface area is 139 Å². The highest BCUT2D eigenvalue weighted by Gasteiger charge is 2.34. The van der Waals surface area contributed by atoms with Crippen molar-refractivity contribution in [1.29, 1.82) is 0 Å². The molecule has 3 N–H and O–H groups in total. The van der Waals surface area contributed by atoms with Gasteiger partial charge in [-0.1, -0.05) is 0 Å². The maximum absolute atomic E-state index is 12.7. The average Bonchev–Trinajstić information content (AvgIpc) is 2.88. The van der Waals surface area contributed by atoms with Gasteiger partial charge in [0, 0.05) is 22.9 Å². The number of primary sulfonamides is 1. The van der Waals surface area contributed by atoms with Gasteiger partial charge < -0.3 is 14.7 Å². The van der Waals surface area contributed by atoms with Crippen molar-refractivity contribution in [2.24, 2.45) is 5.14 Å². The van der Waals surface area contributed by atoms with Gasteiger partial charge in [0.2, 0.25) is 10.0 Å². The minimum absolute atomic E-state index is 0.00976. The summed E-state index contributed by atoms with van der Waals surface area (Å²) in [5.74, 6) is 0.149. The van der Waals surface area contributed by atoms with Gasteiger partial charge in [0.1, 0.15) is 11.5 Å². The van der Waals surface area contributed by atoms with E-state index in [1.165, 1.54) is 42.3 Å². The van der Waals surface area contributed by atoms with Crippen molar-refractivity contribution in [2.75, 3.05) is 12.0 Å². The third-order valence-electron chi connectivity index (χ3n) is 4.10. The van der Waals surface area contributed by atoms with Crippen LogP contribution in [0.2, 0.25) is 0 Å². The summed E-state index contributed by atoms with van der Waals surface area (Å²) < 4.78 is 27.8. The van der Waals surface area contributed by atoms with Crippen LogP contribution in [0.15, 0.2) is 35.2 Å². The number of rotatable bonds is 3. The molecule has 0 aromatic heterocycles. The lowest BCUT2D eigenvalue weighted by atomic mass is 10.0. The molecular weight excluding hydrogens is 332 g/mol. The number of carbonyl (C=O) groups excluding carboxylic acids is 1. The minimum Gasteiger partial charge on any atom is -0.507 e. The van der Waals surface area contributed by atoms with Crippen LogP contribution in [0.4, 0.5) is 5.69 Å². The van der Waals surface area contributed by atoms with Gasteiger partial charge in [-0.15, -0.1) is 0 Å². The summed E-state index contributed by atoms with van der Waals surface area (Å²) in [5.41, 5.74) is 2.09. The van der Waals surface area contributed by atoms with E-state index in [2.05, 4.69) is 0 Å². The van der Waals surface area contributed by atoms with Crippen LogP contribution in [0.3, 0.4) is 0 Å². The van der Waals surface area contributed by atoms with Gasteiger partial charge in [0.05, 0.1) is 24.1 Å². The molecule has 8 heteroatoms. The molecule has 1 aliphatic rings. The van der Waals surface area contributed by atoms with E-state index in [1.54, 1.807) is 6.92 Å². The van der Waals surface area contributed by atoms with E-state index in [0.29, 0.717) is 28.1 Å². The summed E-state index contributed by atoms with van der Waals surface area (Å²) in [6.07, 6.45) is 0. The molecular formula is C16H16N2O5S. The number of amides is 1. The molecule has 3 rings (SSSR count). The number of ether oxygens (including phenoxy) is 1. The second kappa shape index (κ2) is 5.50. The van der Waals surface area contributed by atoms with Gasteiger partial charge in [-0.2, -0.15) is 0 Å². The lowest BCUT2D eigenvalue weighted by Crippen LogP contribution is -2.23. The third-order valence-corrected chi connectivity index (χ3v) is 5.02. The number of benzene rings is 2. The molecule has 126 valence electrons. The number of nitrogens with zero attached hydrogens (tertiary/aromatic N) is 1. The summed E-state index contributed by atoms with van der Waals surface area (Å²) in [6.45, 7) is 1.95. The zero-order valence-corrected chi connectivity index (χ0v) is 13.9. The molecule has 24 heavy (non-hydrogen) atoms. The van der Waals surface area contributed by atoms with Crippen LogP contribution in [0, 0.1) is 6.92 Å². The van der Waals surface area contributed by atoms with Crippen molar-refractivity contribution >= 4 is 21.6 Å². The number of sulfonamides is 1. The number of methoxy groups -OCH3 is 1. The molecule has 2 aromatic carbocycles. The SMILES string of the molecule is COc1cc(O)c2c(c1C)C(=O)N(c1ccc(S(N)(=O)=O)cc1)C2. The van der Waals surface area contributed by atoms with Crippen molar-refractivity contribution in [2.45, 2.75) is 18.4 Å². The van der Waals surface area contributed by atoms with Crippen molar-refractivity contribution in [1.82, 2.24) is 0 Å². The highest BCUT2D eigenvalue weighted by Crippen LogP contribution is 2.39. The van der Waals surface area contributed by atoms with Crippen LogP contribution in [-0.2, 0) is 16.6 Å². The van der Waals surface area contributed by atoms with E-state index in [1.807, 2.05) is 0 Å². The van der Waals surface area contributed by atoms with E-state index < -0.39 is 10.0 Å². The number of nitrogens with two attached hydrogens (primary N) is 1. The minimum atomic E-state index is -3.79. The van der Waals surface area contributed by atoms with Gasteiger partial charge in [0.15, 0.2) is 0 Å². The first-order valence-electron chi connectivity index (χ1n) is 7.08. The predicted octanol–water partition coefficient (Wildman–Crippen LogP) is 1.52. The molecule has 1 amide bonds. The molecule has 0 saturated carbocycles. The van der Waals surface area contributed by atoms with Crippen LogP contribution >= 0.6 is 0 Å². The highest BCUT2D eigenvalue weighted by molar-refractivity contribution is 7.89. The van der Waals surface area contributed by atoms with E-state index >= 15 is 0 Å². The summed E-state index contributed by atoms with van der Waals surface area (Å²) in [4.78, 5) is 14.2. The standard InChI is InChI=1S/C16H16N2O5S/c1-9-14(23-2)7-13(19)12-8-18(16(20)15(9)12)10-3-5-11(6-4-10)24(17,21)22/h3-7,19H,8H2,1-2H3,(H2,17,21,22). The van der Waals surface area contributed by atoms with Crippen LogP contribution in [-0.4, -0.2) is 26.5 Å². The molecule has 0 saturated heterocycles. The number of hydrogen-bond donors (Lipinski definition) is 2. The summed E-state index contributed by atoms with van der Waals surface area (Å²) >= 11 is 0. The lowest BCUT2D eigenvalue weighted by molar-refractivity contribution is 0.0995. The van der Waals surface area contributed by atoms with Gasteiger partial charge in [-0.05, 0) is 31.2 Å². The molecule has 0 aliphatic carbocycles. The number of carbonyl (C=O) groups is 1. The molecule has 0 unspecified atom stereocenters. The lowest BCUT2D eigenvalue weighted by Gasteiger charge is -2.16. The van der Waals surface area contributed by atoms with E-state index in [0.717, 1.165) is 0 Å². The molecule has 2 aromatic rings. The van der Waals surface area contributed by atoms with Crippen molar-refractivity contribution in [3.05, 3.63) is 47.0 Å². The predicted molar refractivity (Wildman–Crippen MR) is 87.7 cm³/mol. The fourth-order valence-corrected chi connectivity index (χ4v) is 3.36. The van der Waals surface area contributed by atoms with Gasteiger partial charge in [-0.3, -0.25) is 4.79 Å². The number of anilines is 1. The number of aromatic hydroxyl groups is 1. The molecule has 1 aliphatic heterocycles. The Kier molecular flexibility index (Phi) is 3.73. The Morgan fingerprint density at radius 2 is 1.88 bits per heavy atom. The largest absolute Gasteiger partial charge is 0.507 e. The van der Waals surface area contributed by atoms with E-state index in [9.17, 15) is 18.3 Å². The first kappa shape index (κ1) is 16.3. The Morgan fingerprint density at radius 3 is 2.42 bits per heavy atom. The first-order valence-corrected chi connectivity index (χ1v) is 8.63. The maximum Gasteiger partial charge on any atom is 0.259 e. The quantitative estimate of drug-likeness (QED) is 0.874. The topological polar surface area (TPSA) is 110 Å². The highest BCUT2D eigenvalue weighted by atomic mass is 32.2. The van der Waals surface area contributed by atoms with Crippen LogP contribution in [0.5, 0.6) is 11.5 Å². The molecule has 7 nitrogen and oxygen atoms in total. The van der Waals surface area contributed by atoms with Crippen LogP contribution in [0.1, 0.15) is 21.5 Å². The van der Waals surface area contributed by atoms with Gasteiger partial charge in [-0.25, -0.2) is 13.6 Å². The number of phenols is 1. The monoisotopic (exact) mass is 348 g/mol. The number of hydrogen-bond acceptors (Lipinski definition) is 5. The van der Waals surface area contributed by atoms with Crippen LogP contribution in [0.25, 0.3) is 0 Å². The second-order valence-electron chi connectivity index (χ2n) is 5.51. The maximum atomic E-state index is 12.7. The van der Waals surface area contributed by atoms with Crippen LogP contribution < -0.4 is 14.8 Å². The smallest absolute Gasteiger partial charge is 0.259 e. The number of phenolic OH excluding ortho intramolecular Hbond substituents is 1. The molecule has 1 heterocycles. The summed E-state index contributed by atoms with van der Waals surface area (Å²) in [6, 6.07) is 7.18. The molecule has 0 spiro atoms.